The van der Waals surface area contributed by atoms with Crippen molar-refractivity contribution in [3.8, 4) is 0 Å². The second kappa shape index (κ2) is 5.22. The van der Waals surface area contributed by atoms with Crippen molar-refractivity contribution < 1.29 is 17.8 Å². The highest BCUT2D eigenvalue weighted by Crippen LogP contribution is 2.48. The fourth-order valence-electron chi connectivity index (χ4n) is 3.49. The van der Waals surface area contributed by atoms with Gasteiger partial charge in [0.25, 0.3) is 0 Å². The predicted octanol–water partition coefficient (Wildman–Crippen LogP) is 0.258. The number of fused-ring (bicyclic) bond motifs is 2. The molecule has 0 unspecified atom stereocenters. The molecule has 0 radical (unpaired) electrons. The fourth-order valence-corrected chi connectivity index (χ4v) is 4.31. The minimum absolute atomic E-state index is 0.210. The first-order valence-corrected chi connectivity index (χ1v) is 8.57. The Labute approximate surface area is 129 Å². The lowest BCUT2D eigenvalue weighted by Crippen LogP contribution is -2.45. The van der Waals surface area contributed by atoms with Crippen LogP contribution in [-0.2, 0) is 27.1 Å². The van der Waals surface area contributed by atoms with Crippen molar-refractivity contribution in [2.24, 2.45) is 5.73 Å². The van der Waals surface area contributed by atoms with Crippen molar-refractivity contribution in [1.82, 2.24) is 4.90 Å². The molecule has 3 N–H and O–H groups in total. The molecule has 0 aliphatic carbocycles. The van der Waals surface area contributed by atoms with Crippen molar-refractivity contribution >= 4 is 22.4 Å². The van der Waals surface area contributed by atoms with E-state index in [-0.39, 0.29) is 12.0 Å². The van der Waals surface area contributed by atoms with Crippen LogP contribution in [0, 0.1) is 0 Å². The SMILES string of the molecule is NCc1ccc2c(c1)C1(CCN(C=O)CC1)CN2S(=O)(=O)O. The molecule has 2 heterocycles. The Morgan fingerprint density at radius 2 is 2.00 bits per heavy atom. The van der Waals surface area contributed by atoms with Crippen molar-refractivity contribution in [3.05, 3.63) is 29.3 Å². The van der Waals surface area contributed by atoms with Crippen molar-refractivity contribution in [3.63, 3.8) is 0 Å². The van der Waals surface area contributed by atoms with E-state index >= 15 is 0 Å². The van der Waals surface area contributed by atoms with E-state index < -0.39 is 10.3 Å². The van der Waals surface area contributed by atoms with E-state index in [9.17, 15) is 17.8 Å². The molecule has 3 rings (SSSR count). The predicted molar refractivity (Wildman–Crippen MR) is 81.8 cm³/mol. The normalized spacial score (nSPS) is 20.3. The summed E-state index contributed by atoms with van der Waals surface area (Å²) in [5, 5.41) is 0. The molecule has 0 bridgehead atoms. The Bertz CT molecular complexity index is 696. The number of nitrogens with zero attached hydrogens (tertiary/aromatic N) is 2. The highest BCUT2D eigenvalue weighted by molar-refractivity contribution is 7.87. The monoisotopic (exact) mass is 325 g/mol. The molecule has 22 heavy (non-hydrogen) atoms. The number of rotatable bonds is 3. The van der Waals surface area contributed by atoms with Gasteiger partial charge in [-0.05, 0) is 30.0 Å². The van der Waals surface area contributed by atoms with Gasteiger partial charge in [0, 0.05) is 31.6 Å². The molecule has 0 atom stereocenters. The highest BCUT2D eigenvalue weighted by Gasteiger charge is 2.47. The zero-order valence-corrected chi connectivity index (χ0v) is 12.9. The molecule has 1 spiro atoms. The molecule has 0 aromatic heterocycles. The molecule has 8 heteroatoms. The van der Waals surface area contributed by atoms with E-state index in [0.29, 0.717) is 38.2 Å². The fraction of sp³-hybridized carbons (Fsp3) is 0.500. The summed E-state index contributed by atoms with van der Waals surface area (Å²) < 4.78 is 33.9. The number of benzene rings is 1. The number of likely N-dealkylation sites (tertiary alicyclic amines) is 1. The third kappa shape index (κ3) is 2.37. The molecule has 1 saturated heterocycles. The molecule has 2 aliphatic heterocycles. The first-order valence-electron chi connectivity index (χ1n) is 7.18. The average Bonchev–Trinajstić information content (AvgIpc) is 2.82. The van der Waals surface area contributed by atoms with Crippen LogP contribution in [0.4, 0.5) is 5.69 Å². The number of piperidine rings is 1. The van der Waals surface area contributed by atoms with Gasteiger partial charge in [0.1, 0.15) is 0 Å². The van der Waals surface area contributed by atoms with Gasteiger partial charge in [-0.25, -0.2) is 4.31 Å². The molecule has 0 saturated carbocycles. The zero-order chi connectivity index (χ0) is 16.0. The first-order chi connectivity index (χ1) is 10.4. The maximum atomic E-state index is 11.7. The highest BCUT2D eigenvalue weighted by atomic mass is 32.2. The van der Waals surface area contributed by atoms with E-state index in [1.807, 2.05) is 6.07 Å². The molecule has 120 valence electrons. The maximum absolute atomic E-state index is 11.7. The standard InChI is InChI=1S/C14H19N3O4S/c15-8-11-1-2-13-12(7-11)14(9-17(13)22(19,20)21)3-5-16(10-18)6-4-14/h1-2,7,10H,3-6,8-9,15H2,(H,19,20,21). The Hall–Kier alpha value is -1.64. The van der Waals surface area contributed by atoms with Gasteiger partial charge in [-0.3, -0.25) is 9.35 Å². The van der Waals surface area contributed by atoms with E-state index in [4.69, 9.17) is 5.73 Å². The largest absolute Gasteiger partial charge is 0.360 e. The average molecular weight is 325 g/mol. The molecule has 2 aliphatic rings. The third-order valence-electron chi connectivity index (χ3n) is 4.77. The number of hydrogen-bond acceptors (Lipinski definition) is 4. The number of amides is 1. The summed E-state index contributed by atoms with van der Waals surface area (Å²) in [5.74, 6) is 0. The van der Waals surface area contributed by atoms with E-state index in [1.165, 1.54) is 0 Å². The Morgan fingerprint density at radius 1 is 1.32 bits per heavy atom. The van der Waals surface area contributed by atoms with Crippen LogP contribution in [0.15, 0.2) is 18.2 Å². The van der Waals surface area contributed by atoms with Gasteiger partial charge in [-0.2, -0.15) is 8.42 Å². The Morgan fingerprint density at radius 3 is 2.55 bits per heavy atom. The first kappa shape index (κ1) is 15.3. The summed E-state index contributed by atoms with van der Waals surface area (Å²) in [5.41, 5.74) is 7.66. The second-order valence-corrected chi connectivity index (χ2v) is 7.30. The van der Waals surface area contributed by atoms with Crippen LogP contribution in [-0.4, -0.2) is 43.9 Å². The van der Waals surface area contributed by atoms with Crippen LogP contribution in [0.2, 0.25) is 0 Å². The lowest BCUT2D eigenvalue weighted by atomic mass is 9.74. The number of nitrogens with two attached hydrogens (primary N) is 1. The maximum Gasteiger partial charge on any atom is 0.360 e. The minimum atomic E-state index is -4.31. The Kier molecular flexibility index (Phi) is 3.62. The molecule has 1 fully saturated rings. The summed E-state index contributed by atoms with van der Waals surface area (Å²) >= 11 is 0. The molecule has 1 aromatic rings. The second-order valence-electron chi connectivity index (χ2n) is 5.96. The lowest BCUT2D eigenvalue weighted by molar-refractivity contribution is -0.119. The van der Waals surface area contributed by atoms with Gasteiger partial charge in [0.15, 0.2) is 0 Å². The van der Waals surface area contributed by atoms with E-state index in [0.717, 1.165) is 21.8 Å². The summed E-state index contributed by atoms with van der Waals surface area (Å²) in [4.78, 5) is 12.6. The van der Waals surface area contributed by atoms with Gasteiger partial charge in [0.2, 0.25) is 6.41 Å². The van der Waals surface area contributed by atoms with Crippen LogP contribution < -0.4 is 10.0 Å². The molecule has 1 amide bonds. The summed E-state index contributed by atoms with van der Waals surface area (Å²) in [6, 6.07) is 5.40. The van der Waals surface area contributed by atoms with Gasteiger partial charge < -0.3 is 10.6 Å². The van der Waals surface area contributed by atoms with Gasteiger partial charge >= 0.3 is 10.3 Å². The summed E-state index contributed by atoms with van der Waals surface area (Å²) in [6.07, 6.45) is 2.15. The Balaban J connectivity index is 2.06. The zero-order valence-electron chi connectivity index (χ0n) is 12.1. The summed E-state index contributed by atoms with van der Waals surface area (Å²) in [6.45, 7) is 1.74. The number of carbonyl (C=O) groups is 1. The van der Waals surface area contributed by atoms with Crippen LogP contribution in [0.1, 0.15) is 24.0 Å². The lowest BCUT2D eigenvalue weighted by Gasteiger charge is -2.38. The van der Waals surface area contributed by atoms with Crippen LogP contribution in [0.25, 0.3) is 0 Å². The number of anilines is 1. The van der Waals surface area contributed by atoms with Gasteiger partial charge in [-0.15, -0.1) is 0 Å². The number of hydrogen-bond donors (Lipinski definition) is 2. The third-order valence-corrected chi connectivity index (χ3v) is 5.65. The minimum Gasteiger partial charge on any atom is -0.345 e. The van der Waals surface area contributed by atoms with E-state index in [1.54, 1.807) is 17.0 Å². The molecular formula is C14H19N3O4S. The van der Waals surface area contributed by atoms with Crippen LogP contribution >= 0.6 is 0 Å². The topological polar surface area (TPSA) is 104 Å². The molecular weight excluding hydrogens is 306 g/mol. The smallest absolute Gasteiger partial charge is 0.345 e. The van der Waals surface area contributed by atoms with Gasteiger partial charge in [0.05, 0.1) is 5.69 Å². The number of carbonyl (C=O) groups excluding carboxylic acids is 1. The summed E-state index contributed by atoms with van der Waals surface area (Å²) in [7, 11) is -4.31. The van der Waals surface area contributed by atoms with E-state index in [2.05, 4.69) is 0 Å². The van der Waals surface area contributed by atoms with Crippen molar-refractivity contribution in [1.29, 1.82) is 0 Å². The van der Waals surface area contributed by atoms with Crippen molar-refractivity contribution in [2.45, 2.75) is 24.8 Å². The van der Waals surface area contributed by atoms with Crippen LogP contribution in [0.5, 0.6) is 0 Å². The molecule has 1 aromatic carbocycles. The van der Waals surface area contributed by atoms with Crippen molar-refractivity contribution in [2.75, 3.05) is 23.9 Å². The van der Waals surface area contributed by atoms with Crippen LogP contribution in [0.3, 0.4) is 0 Å². The van der Waals surface area contributed by atoms with Gasteiger partial charge in [-0.1, -0.05) is 12.1 Å². The quantitative estimate of drug-likeness (QED) is 0.613. The molecule has 7 nitrogen and oxygen atoms in total.